The minimum atomic E-state index is -0.285. The van der Waals surface area contributed by atoms with Crippen LogP contribution < -0.4 is 24.8 Å². The number of urea groups is 1. The first-order chi connectivity index (χ1) is 11.7. The van der Waals surface area contributed by atoms with Crippen LogP contribution >= 0.6 is 0 Å². The van der Waals surface area contributed by atoms with Gasteiger partial charge >= 0.3 is 6.03 Å². The third kappa shape index (κ3) is 4.81. The van der Waals surface area contributed by atoms with E-state index in [1.165, 1.54) is 0 Å². The van der Waals surface area contributed by atoms with E-state index >= 15 is 0 Å². The van der Waals surface area contributed by atoms with Gasteiger partial charge in [0.25, 0.3) is 0 Å². The molecule has 0 aromatic heterocycles. The molecule has 0 aliphatic carbocycles. The van der Waals surface area contributed by atoms with E-state index in [2.05, 4.69) is 10.6 Å². The molecule has 2 aromatic rings. The van der Waals surface area contributed by atoms with Gasteiger partial charge in [0.1, 0.15) is 17.2 Å². The number of hydrogen-bond donors (Lipinski definition) is 2. The molecule has 6 nitrogen and oxygen atoms in total. The molecule has 0 heterocycles. The Morgan fingerprint density at radius 3 is 2.21 bits per heavy atom. The van der Waals surface area contributed by atoms with Crippen molar-refractivity contribution in [1.82, 2.24) is 5.32 Å². The molecule has 128 valence electrons. The van der Waals surface area contributed by atoms with Crippen molar-refractivity contribution < 1.29 is 19.0 Å². The van der Waals surface area contributed by atoms with E-state index in [0.29, 0.717) is 23.7 Å². The molecule has 2 rings (SSSR count). The summed E-state index contributed by atoms with van der Waals surface area (Å²) in [5, 5.41) is 5.59. The standard InChI is InChI=1S/C18H22N2O4/c1-22-14-6-4-13(5-7-14)10-11-19-18(21)20-16-9-8-15(23-2)12-17(16)24-3/h4-9,12H,10-11H2,1-3H3,(H2,19,20,21). The van der Waals surface area contributed by atoms with Gasteiger partial charge in [-0.1, -0.05) is 12.1 Å². The molecule has 0 unspecified atom stereocenters. The highest BCUT2D eigenvalue weighted by Gasteiger charge is 2.08. The zero-order chi connectivity index (χ0) is 17.4. The fraction of sp³-hybridized carbons (Fsp3) is 0.278. The Kier molecular flexibility index (Phi) is 6.31. The summed E-state index contributed by atoms with van der Waals surface area (Å²) in [5.41, 5.74) is 1.71. The Morgan fingerprint density at radius 1 is 0.917 bits per heavy atom. The molecule has 0 bridgehead atoms. The number of methoxy groups -OCH3 is 3. The van der Waals surface area contributed by atoms with Gasteiger partial charge in [0, 0.05) is 12.6 Å². The van der Waals surface area contributed by atoms with Crippen LogP contribution in [0.15, 0.2) is 42.5 Å². The van der Waals surface area contributed by atoms with E-state index in [-0.39, 0.29) is 6.03 Å². The van der Waals surface area contributed by atoms with Gasteiger partial charge in [-0.15, -0.1) is 0 Å². The Hall–Kier alpha value is -2.89. The quantitative estimate of drug-likeness (QED) is 0.818. The van der Waals surface area contributed by atoms with Crippen LogP contribution in [0.2, 0.25) is 0 Å². The fourth-order valence-electron chi connectivity index (χ4n) is 2.18. The van der Waals surface area contributed by atoms with Gasteiger partial charge in [-0.05, 0) is 36.2 Å². The zero-order valence-electron chi connectivity index (χ0n) is 14.1. The van der Waals surface area contributed by atoms with Gasteiger partial charge in [0.15, 0.2) is 0 Å². The second-order valence-corrected chi connectivity index (χ2v) is 5.05. The predicted octanol–water partition coefficient (Wildman–Crippen LogP) is 3.08. The molecule has 0 saturated heterocycles. The number of nitrogens with one attached hydrogen (secondary N) is 2. The molecule has 0 radical (unpaired) electrons. The number of rotatable bonds is 7. The summed E-state index contributed by atoms with van der Waals surface area (Å²) in [7, 11) is 4.75. The summed E-state index contributed by atoms with van der Waals surface area (Å²) in [5.74, 6) is 2.02. The highest BCUT2D eigenvalue weighted by atomic mass is 16.5. The van der Waals surface area contributed by atoms with Gasteiger partial charge in [-0.3, -0.25) is 0 Å². The first-order valence-electron chi connectivity index (χ1n) is 7.56. The average Bonchev–Trinajstić information content (AvgIpc) is 2.62. The van der Waals surface area contributed by atoms with E-state index in [1.807, 2.05) is 24.3 Å². The van der Waals surface area contributed by atoms with E-state index in [4.69, 9.17) is 14.2 Å². The van der Waals surface area contributed by atoms with Crippen molar-refractivity contribution >= 4 is 11.7 Å². The molecule has 0 atom stereocenters. The molecule has 2 N–H and O–H groups in total. The molecular weight excluding hydrogens is 308 g/mol. The van der Waals surface area contributed by atoms with E-state index in [9.17, 15) is 4.79 Å². The SMILES string of the molecule is COc1ccc(CCNC(=O)Nc2ccc(OC)cc2OC)cc1. The van der Waals surface area contributed by atoms with Gasteiger partial charge in [-0.2, -0.15) is 0 Å². The monoisotopic (exact) mass is 330 g/mol. The van der Waals surface area contributed by atoms with Crippen LogP contribution in [-0.4, -0.2) is 33.9 Å². The molecule has 0 fully saturated rings. The summed E-state index contributed by atoms with van der Waals surface area (Å²) < 4.78 is 15.5. The molecular formula is C18H22N2O4. The largest absolute Gasteiger partial charge is 0.497 e. The minimum absolute atomic E-state index is 0.285. The lowest BCUT2D eigenvalue weighted by molar-refractivity contribution is 0.252. The van der Waals surface area contributed by atoms with Gasteiger partial charge < -0.3 is 24.8 Å². The normalized spacial score (nSPS) is 9.96. The van der Waals surface area contributed by atoms with Crippen molar-refractivity contribution in [1.29, 1.82) is 0 Å². The van der Waals surface area contributed by atoms with Crippen molar-refractivity contribution in [2.24, 2.45) is 0 Å². The first kappa shape index (κ1) is 17.5. The lowest BCUT2D eigenvalue weighted by Gasteiger charge is -2.12. The third-order valence-corrected chi connectivity index (χ3v) is 3.52. The highest BCUT2D eigenvalue weighted by Crippen LogP contribution is 2.28. The summed E-state index contributed by atoms with van der Waals surface area (Å²) in [6.45, 7) is 0.524. The second-order valence-electron chi connectivity index (χ2n) is 5.05. The summed E-state index contributed by atoms with van der Waals surface area (Å²) in [6, 6.07) is 12.7. The number of carbonyl (C=O) groups excluding carboxylic acids is 1. The Bertz CT molecular complexity index is 671. The third-order valence-electron chi connectivity index (χ3n) is 3.52. The summed E-state index contributed by atoms with van der Waals surface area (Å²) in [6.07, 6.45) is 0.733. The molecule has 0 aliphatic rings. The zero-order valence-corrected chi connectivity index (χ0v) is 14.1. The maximum absolute atomic E-state index is 12.0. The van der Waals surface area contributed by atoms with Crippen molar-refractivity contribution in [2.45, 2.75) is 6.42 Å². The van der Waals surface area contributed by atoms with Gasteiger partial charge in [0.05, 0.1) is 27.0 Å². The molecule has 2 amide bonds. The van der Waals surface area contributed by atoms with Gasteiger partial charge in [-0.25, -0.2) is 4.79 Å². The fourth-order valence-corrected chi connectivity index (χ4v) is 2.18. The van der Waals surface area contributed by atoms with Crippen molar-refractivity contribution in [2.75, 3.05) is 33.2 Å². The summed E-state index contributed by atoms with van der Waals surface area (Å²) in [4.78, 5) is 12.0. The number of hydrogen-bond acceptors (Lipinski definition) is 4. The van der Waals surface area contributed by atoms with Crippen LogP contribution in [0.25, 0.3) is 0 Å². The maximum atomic E-state index is 12.0. The van der Waals surface area contributed by atoms with E-state index in [0.717, 1.165) is 17.7 Å². The molecule has 0 saturated carbocycles. The minimum Gasteiger partial charge on any atom is -0.497 e. The Morgan fingerprint density at radius 2 is 1.58 bits per heavy atom. The Balaban J connectivity index is 1.84. The highest BCUT2D eigenvalue weighted by molar-refractivity contribution is 5.91. The summed E-state index contributed by atoms with van der Waals surface area (Å²) >= 11 is 0. The topological polar surface area (TPSA) is 68.8 Å². The lowest BCUT2D eigenvalue weighted by atomic mass is 10.1. The molecule has 24 heavy (non-hydrogen) atoms. The van der Waals surface area contributed by atoms with Crippen molar-refractivity contribution in [3.8, 4) is 17.2 Å². The van der Waals surface area contributed by atoms with Crippen LogP contribution in [0, 0.1) is 0 Å². The Labute approximate surface area is 141 Å². The molecule has 2 aromatic carbocycles. The van der Waals surface area contributed by atoms with E-state index < -0.39 is 0 Å². The van der Waals surface area contributed by atoms with E-state index in [1.54, 1.807) is 39.5 Å². The van der Waals surface area contributed by atoms with Crippen LogP contribution in [0.4, 0.5) is 10.5 Å². The molecule has 0 spiro atoms. The van der Waals surface area contributed by atoms with Crippen molar-refractivity contribution in [3.05, 3.63) is 48.0 Å². The average molecular weight is 330 g/mol. The second kappa shape index (κ2) is 8.67. The van der Waals surface area contributed by atoms with Crippen LogP contribution in [0.3, 0.4) is 0 Å². The first-order valence-corrected chi connectivity index (χ1v) is 7.56. The van der Waals surface area contributed by atoms with Crippen LogP contribution in [0.5, 0.6) is 17.2 Å². The predicted molar refractivity (Wildman–Crippen MR) is 93.3 cm³/mol. The van der Waals surface area contributed by atoms with Gasteiger partial charge in [0.2, 0.25) is 0 Å². The maximum Gasteiger partial charge on any atom is 0.319 e. The van der Waals surface area contributed by atoms with Crippen molar-refractivity contribution in [3.63, 3.8) is 0 Å². The lowest BCUT2D eigenvalue weighted by Crippen LogP contribution is -2.30. The van der Waals surface area contributed by atoms with Crippen LogP contribution in [-0.2, 0) is 6.42 Å². The number of benzene rings is 2. The molecule has 0 aliphatic heterocycles. The smallest absolute Gasteiger partial charge is 0.319 e. The number of amides is 2. The number of carbonyl (C=O) groups is 1. The number of ether oxygens (including phenoxy) is 3. The molecule has 6 heteroatoms. The number of anilines is 1. The van der Waals surface area contributed by atoms with Crippen LogP contribution in [0.1, 0.15) is 5.56 Å².